The van der Waals surface area contributed by atoms with Crippen LogP contribution in [-0.4, -0.2) is 0 Å². The highest BCUT2D eigenvalue weighted by molar-refractivity contribution is 5.28. The van der Waals surface area contributed by atoms with Crippen LogP contribution in [0.3, 0.4) is 0 Å². The van der Waals surface area contributed by atoms with Gasteiger partial charge in [0.05, 0.1) is 0 Å². The quantitative estimate of drug-likeness (QED) is 0.421. The summed E-state index contributed by atoms with van der Waals surface area (Å²) in [7, 11) is 0. The molecule has 0 aromatic rings. The molecular formula is C22H30. The molecule has 0 aliphatic rings. The maximum Gasteiger partial charge on any atom is -0.0374 e. The first-order chi connectivity index (χ1) is 10.6. The Kier molecular flexibility index (Phi) is 12.6. The zero-order valence-electron chi connectivity index (χ0n) is 14.7. The molecule has 0 amide bonds. The van der Waals surface area contributed by atoms with E-state index in [9.17, 15) is 0 Å². The van der Waals surface area contributed by atoms with E-state index in [4.69, 9.17) is 0 Å². The monoisotopic (exact) mass is 294 g/mol. The van der Waals surface area contributed by atoms with E-state index in [-0.39, 0.29) is 0 Å². The number of rotatable bonds is 8. The zero-order chi connectivity index (χ0) is 16.6. The Morgan fingerprint density at radius 2 is 1.14 bits per heavy atom. The summed E-state index contributed by atoms with van der Waals surface area (Å²) in [5.74, 6) is 0. The van der Waals surface area contributed by atoms with Crippen LogP contribution in [0.5, 0.6) is 0 Å². The second kappa shape index (κ2) is 13.9. The Morgan fingerprint density at radius 3 is 1.64 bits per heavy atom. The predicted molar refractivity (Wildman–Crippen MR) is 103 cm³/mol. The number of allylic oxidation sites excluding steroid dienone is 16. The fourth-order valence-corrected chi connectivity index (χ4v) is 1.72. The second-order valence-corrected chi connectivity index (χ2v) is 5.17. The molecule has 0 fully saturated rings. The average molecular weight is 294 g/mol. The maximum absolute atomic E-state index is 2.22. The van der Waals surface area contributed by atoms with Crippen LogP contribution < -0.4 is 0 Å². The Hall–Kier alpha value is -2.08. The summed E-state index contributed by atoms with van der Waals surface area (Å²) in [6, 6.07) is 0. The van der Waals surface area contributed by atoms with Crippen LogP contribution in [0.25, 0.3) is 0 Å². The van der Waals surface area contributed by atoms with E-state index >= 15 is 0 Å². The van der Waals surface area contributed by atoms with Gasteiger partial charge in [0.1, 0.15) is 0 Å². The summed E-state index contributed by atoms with van der Waals surface area (Å²) in [4.78, 5) is 0. The van der Waals surface area contributed by atoms with Crippen LogP contribution in [0.1, 0.15) is 41.0 Å². The van der Waals surface area contributed by atoms with E-state index in [2.05, 4.69) is 94.5 Å². The fourth-order valence-electron chi connectivity index (χ4n) is 1.72. The summed E-state index contributed by atoms with van der Waals surface area (Å²) < 4.78 is 0. The topological polar surface area (TPSA) is 0 Å². The summed E-state index contributed by atoms with van der Waals surface area (Å²) in [5.41, 5.74) is 3.78. The van der Waals surface area contributed by atoms with Gasteiger partial charge in [0.2, 0.25) is 0 Å². The third-order valence-corrected chi connectivity index (χ3v) is 2.84. The summed E-state index contributed by atoms with van der Waals surface area (Å²) in [6.45, 7) is 10.5. The van der Waals surface area contributed by atoms with Crippen LogP contribution in [0.4, 0.5) is 0 Å². The molecule has 0 radical (unpaired) electrons. The molecule has 0 heterocycles. The molecule has 0 N–H and O–H groups in total. The molecule has 0 aromatic heterocycles. The Bertz CT molecular complexity index is 526. The lowest BCUT2D eigenvalue weighted by molar-refractivity contribution is 1.20. The van der Waals surface area contributed by atoms with Gasteiger partial charge in [-0.2, -0.15) is 0 Å². The smallest absolute Gasteiger partial charge is 0.0374 e. The molecule has 0 atom stereocenters. The Morgan fingerprint density at radius 1 is 0.636 bits per heavy atom. The van der Waals surface area contributed by atoms with Crippen molar-refractivity contribution in [2.75, 3.05) is 0 Å². The molecule has 0 rings (SSSR count). The molecule has 0 aliphatic carbocycles. The molecule has 0 nitrogen and oxygen atoms in total. The molecule has 118 valence electrons. The Balaban J connectivity index is 4.34. The summed E-state index contributed by atoms with van der Waals surface area (Å²) in [6.07, 6.45) is 28.2. The van der Waals surface area contributed by atoms with Crippen molar-refractivity contribution < 1.29 is 0 Å². The fraction of sp³-hybridized carbons (Fsp3) is 0.273. The van der Waals surface area contributed by atoms with Crippen molar-refractivity contribution in [1.29, 1.82) is 0 Å². The molecule has 0 bridgehead atoms. The highest BCUT2D eigenvalue weighted by Crippen LogP contribution is 1.99. The van der Waals surface area contributed by atoms with Gasteiger partial charge < -0.3 is 0 Å². The minimum Gasteiger partial charge on any atom is -0.0874 e. The van der Waals surface area contributed by atoms with Gasteiger partial charge >= 0.3 is 0 Å². The van der Waals surface area contributed by atoms with Gasteiger partial charge in [-0.1, -0.05) is 103 Å². The molecule has 0 aliphatic heterocycles. The highest BCUT2D eigenvalue weighted by atomic mass is 13.9. The van der Waals surface area contributed by atoms with Gasteiger partial charge in [-0.25, -0.2) is 0 Å². The molecule has 22 heavy (non-hydrogen) atoms. The normalized spacial score (nSPS) is 15.6. The second-order valence-electron chi connectivity index (χ2n) is 5.17. The van der Waals surface area contributed by atoms with E-state index in [1.54, 1.807) is 0 Å². The van der Waals surface area contributed by atoms with Crippen molar-refractivity contribution >= 4 is 0 Å². The molecule has 0 unspecified atom stereocenters. The van der Waals surface area contributed by atoms with Crippen LogP contribution in [0.2, 0.25) is 0 Å². The van der Waals surface area contributed by atoms with Crippen molar-refractivity contribution in [3.63, 3.8) is 0 Å². The standard InChI is InChI=1S/C22H30/c1-6-14-20(3)16-10-8-12-18-22(5)19-13-9-11-17-21(4)15-7-2/h6,8-19H,7H2,1-5H3/b10-8+,13-9+,14-6-,17-11+,18-12+,20-16+,21-15+,22-19+. The lowest BCUT2D eigenvalue weighted by atomic mass is 10.2. The van der Waals surface area contributed by atoms with Crippen molar-refractivity contribution in [2.24, 2.45) is 0 Å². The number of hydrogen-bond acceptors (Lipinski definition) is 0. The minimum absolute atomic E-state index is 1.08. The van der Waals surface area contributed by atoms with E-state index in [1.165, 1.54) is 16.7 Å². The van der Waals surface area contributed by atoms with Crippen LogP contribution >= 0.6 is 0 Å². The lowest BCUT2D eigenvalue weighted by Crippen LogP contribution is -1.67. The minimum atomic E-state index is 1.08. The van der Waals surface area contributed by atoms with Crippen molar-refractivity contribution in [1.82, 2.24) is 0 Å². The molecular weight excluding hydrogens is 264 g/mol. The van der Waals surface area contributed by atoms with Crippen molar-refractivity contribution in [2.45, 2.75) is 41.0 Å². The van der Waals surface area contributed by atoms with Gasteiger partial charge in [0.15, 0.2) is 0 Å². The van der Waals surface area contributed by atoms with E-state index in [0.717, 1.165) is 6.42 Å². The van der Waals surface area contributed by atoms with Crippen molar-refractivity contribution in [3.8, 4) is 0 Å². The first-order valence-electron chi connectivity index (χ1n) is 7.92. The average Bonchev–Trinajstić information content (AvgIpc) is 2.47. The van der Waals surface area contributed by atoms with Crippen LogP contribution in [-0.2, 0) is 0 Å². The van der Waals surface area contributed by atoms with Crippen molar-refractivity contribution in [3.05, 3.63) is 95.7 Å². The van der Waals surface area contributed by atoms with Gasteiger partial charge in [0, 0.05) is 0 Å². The van der Waals surface area contributed by atoms with E-state index in [1.807, 2.05) is 19.1 Å². The van der Waals surface area contributed by atoms with E-state index < -0.39 is 0 Å². The summed E-state index contributed by atoms with van der Waals surface area (Å²) in [5, 5.41) is 0. The van der Waals surface area contributed by atoms with E-state index in [0.29, 0.717) is 0 Å². The molecule has 0 saturated heterocycles. The highest BCUT2D eigenvalue weighted by Gasteiger charge is 1.78. The lowest BCUT2D eigenvalue weighted by Gasteiger charge is -1.88. The maximum atomic E-state index is 2.22. The third-order valence-electron chi connectivity index (χ3n) is 2.84. The molecule has 0 spiro atoms. The van der Waals surface area contributed by atoms with Gasteiger partial charge in [-0.15, -0.1) is 0 Å². The summed E-state index contributed by atoms with van der Waals surface area (Å²) >= 11 is 0. The largest absolute Gasteiger partial charge is 0.0874 e. The van der Waals surface area contributed by atoms with Gasteiger partial charge in [0.25, 0.3) is 0 Å². The zero-order valence-corrected chi connectivity index (χ0v) is 14.7. The molecule has 0 heteroatoms. The molecule has 0 saturated carbocycles. The SMILES string of the molecule is C\C=C/C(C)=C/C=C/C=C/C(C)=C/C=C/C=C/C(C)=C/CC. The van der Waals surface area contributed by atoms with Gasteiger partial charge in [-0.05, 0) is 34.1 Å². The van der Waals surface area contributed by atoms with Gasteiger partial charge in [-0.3, -0.25) is 0 Å². The molecule has 0 aromatic carbocycles. The first-order valence-corrected chi connectivity index (χ1v) is 7.92. The van der Waals surface area contributed by atoms with Crippen LogP contribution in [0.15, 0.2) is 95.7 Å². The Labute approximate surface area is 137 Å². The number of hydrogen-bond donors (Lipinski definition) is 0. The third kappa shape index (κ3) is 12.9. The first kappa shape index (κ1) is 19.9. The predicted octanol–water partition coefficient (Wildman–Crippen LogP) is 7.04. The van der Waals surface area contributed by atoms with Crippen LogP contribution in [0, 0.1) is 0 Å².